The van der Waals surface area contributed by atoms with Crippen molar-refractivity contribution in [3.63, 3.8) is 0 Å². The Bertz CT molecular complexity index is 440. The maximum Gasteiger partial charge on any atom is 0.0561 e. The van der Waals surface area contributed by atoms with Crippen LogP contribution in [0, 0.1) is 0 Å². The second-order valence-corrected chi connectivity index (χ2v) is 4.97. The van der Waals surface area contributed by atoms with E-state index in [0.717, 1.165) is 5.02 Å². The predicted octanol–water partition coefficient (Wildman–Crippen LogP) is 4.14. The number of benzene rings is 1. The number of hydrogen-bond donors (Lipinski definition) is 0. The van der Waals surface area contributed by atoms with Crippen LogP contribution >= 0.6 is 24.0 Å². The van der Waals surface area contributed by atoms with Gasteiger partial charge in [-0.1, -0.05) is 35.9 Å². The van der Waals surface area contributed by atoms with Gasteiger partial charge in [0.2, 0.25) is 0 Å². The second kappa shape index (κ2) is 4.06. The largest absolute Gasteiger partial charge is 0.280 e. The molecule has 2 atom stereocenters. The van der Waals surface area contributed by atoms with Gasteiger partial charge in [-0.05, 0) is 31.0 Å². The van der Waals surface area contributed by atoms with Gasteiger partial charge in [-0.2, -0.15) is 0 Å². The Morgan fingerprint density at radius 3 is 2.50 bits per heavy atom. The van der Waals surface area contributed by atoms with Crippen molar-refractivity contribution in [2.24, 2.45) is 0 Å². The van der Waals surface area contributed by atoms with E-state index < -0.39 is 0 Å². The first kappa shape index (κ1) is 12.0. The van der Waals surface area contributed by atoms with E-state index in [0.29, 0.717) is 18.1 Å². The van der Waals surface area contributed by atoms with E-state index in [9.17, 15) is 0 Å². The van der Waals surface area contributed by atoms with Crippen molar-refractivity contribution in [3.05, 3.63) is 46.5 Å². The van der Waals surface area contributed by atoms with Crippen LogP contribution in [0.2, 0.25) is 5.02 Å². The van der Waals surface area contributed by atoms with Gasteiger partial charge in [0.25, 0.3) is 0 Å². The predicted molar refractivity (Wildman–Crippen MR) is 70.3 cm³/mol. The van der Waals surface area contributed by atoms with Crippen molar-refractivity contribution in [3.8, 4) is 0 Å². The Kier molecular flexibility index (Phi) is 3.04. The minimum Gasteiger partial charge on any atom is -0.280 e. The lowest BCUT2D eigenvalue weighted by Crippen LogP contribution is -2.27. The average molecular weight is 256 g/mol. The molecular weight excluding hydrogens is 241 g/mol. The lowest BCUT2D eigenvalue weighted by atomic mass is 9.97. The van der Waals surface area contributed by atoms with Crippen molar-refractivity contribution in [2.45, 2.75) is 32.0 Å². The highest BCUT2D eigenvalue weighted by molar-refractivity contribution is 6.31. The molecule has 16 heavy (non-hydrogen) atoms. The zero-order valence-corrected chi connectivity index (χ0v) is 10.9. The fourth-order valence-corrected chi connectivity index (χ4v) is 3.15. The van der Waals surface area contributed by atoms with Gasteiger partial charge in [0.15, 0.2) is 0 Å². The standard InChI is InChI=1S/C13H14ClN.ClH/c1-8(2)15-11-6-7-12(15)13-9(11)4-3-5-10(13)14;/h3-8,11-12H,1-2H3;1H. The minimum absolute atomic E-state index is 0. The molecule has 2 aliphatic heterocycles. The number of nitrogens with zero attached hydrogens (tertiary/aromatic N) is 1. The third-order valence-electron chi connectivity index (χ3n) is 3.42. The summed E-state index contributed by atoms with van der Waals surface area (Å²) in [4.78, 5) is 2.51. The van der Waals surface area contributed by atoms with E-state index in [1.165, 1.54) is 11.1 Å². The molecule has 3 rings (SSSR count). The van der Waals surface area contributed by atoms with Crippen molar-refractivity contribution in [2.75, 3.05) is 0 Å². The first-order valence-electron chi connectivity index (χ1n) is 5.44. The highest BCUT2D eigenvalue weighted by atomic mass is 35.5. The summed E-state index contributed by atoms with van der Waals surface area (Å²) in [7, 11) is 0. The summed E-state index contributed by atoms with van der Waals surface area (Å²) in [5.74, 6) is 0. The van der Waals surface area contributed by atoms with Crippen molar-refractivity contribution < 1.29 is 0 Å². The molecule has 3 heteroatoms. The van der Waals surface area contributed by atoms with Gasteiger partial charge in [-0.15, -0.1) is 12.4 Å². The van der Waals surface area contributed by atoms with Crippen LogP contribution in [0.4, 0.5) is 0 Å². The van der Waals surface area contributed by atoms with E-state index in [4.69, 9.17) is 11.6 Å². The van der Waals surface area contributed by atoms with Crippen LogP contribution < -0.4 is 0 Å². The molecule has 0 radical (unpaired) electrons. The van der Waals surface area contributed by atoms with Gasteiger partial charge in [0.1, 0.15) is 0 Å². The molecule has 0 fully saturated rings. The molecule has 2 unspecified atom stereocenters. The smallest absolute Gasteiger partial charge is 0.0561 e. The third kappa shape index (κ3) is 1.42. The monoisotopic (exact) mass is 255 g/mol. The summed E-state index contributed by atoms with van der Waals surface area (Å²) in [5.41, 5.74) is 2.71. The molecule has 0 N–H and O–H groups in total. The fraction of sp³-hybridized carbons (Fsp3) is 0.385. The van der Waals surface area contributed by atoms with E-state index in [1.807, 2.05) is 12.1 Å². The van der Waals surface area contributed by atoms with Crippen molar-refractivity contribution in [1.82, 2.24) is 4.90 Å². The molecule has 1 nitrogen and oxygen atoms in total. The summed E-state index contributed by atoms with van der Waals surface area (Å²) in [6.07, 6.45) is 4.57. The minimum atomic E-state index is 0. The van der Waals surface area contributed by atoms with E-state index in [2.05, 4.69) is 37.0 Å². The Labute approximate surface area is 108 Å². The average Bonchev–Trinajstić information content (AvgIpc) is 2.73. The molecule has 0 aromatic heterocycles. The van der Waals surface area contributed by atoms with Crippen LogP contribution in [0.1, 0.15) is 37.1 Å². The van der Waals surface area contributed by atoms with Gasteiger partial charge in [0.05, 0.1) is 12.1 Å². The fourth-order valence-electron chi connectivity index (χ4n) is 2.86. The molecule has 1 aromatic rings. The molecule has 0 saturated carbocycles. The molecule has 0 amide bonds. The van der Waals surface area contributed by atoms with Crippen LogP contribution in [0.5, 0.6) is 0 Å². The van der Waals surface area contributed by atoms with Gasteiger partial charge in [-0.3, -0.25) is 4.90 Å². The highest BCUT2D eigenvalue weighted by Crippen LogP contribution is 2.51. The van der Waals surface area contributed by atoms with Gasteiger partial charge in [0, 0.05) is 11.1 Å². The lowest BCUT2D eigenvalue weighted by Gasteiger charge is -2.26. The summed E-state index contributed by atoms with van der Waals surface area (Å²) < 4.78 is 0. The Morgan fingerprint density at radius 2 is 1.88 bits per heavy atom. The summed E-state index contributed by atoms with van der Waals surface area (Å²) >= 11 is 6.27. The number of halogens is 2. The third-order valence-corrected chi connectivity index (χ3v) is 3.75. The summed E-state index contributed by atoms with van der Waals surface area (Å²) in [5, 5.41) is 0.912. The Morgan fingerprint density at radius 1 is 1.19 bits per heavy atom. The number of rotatable bonds is 1. The molecule has 0 spiro atoms. The van der Waals surface area contributed by atoms with E-state index in [-0.39, 0.29) is 12.4 Å². The van der Waals surface area contributed by atoms with Gasteiger partial charge >= 0.3 is 0 Å². The zero-order chi connectivity index (χ0) is 10.6. The molecule has 86 valence electrons. The maximum absolute atomic E-state index is 6.27. The van der Waals surface area contributed by atoms with Gasteiger partial charge < -0.3 is 0 Å². The van der Waals surface area contributed by atoms with Crippen LogP contribution in [0.3, 0.4) is 0 Å². The van der Waals surface area contributed by atoms with Crippen LogP contribution in [-0.4, -0.2) is 10.9 Å². The summed E-state index contributed by atoms with van der Waals surface area (Å²) in [6, 6.07) is 7.65. The molecule has 2 bridgehead atoms. The second-order valence-electron chi connectivity index (χ2n) is 4.56. The maximum atomic E-state index is 6.27. The van der Waals surface area contributed by atoms with Crippen LogP contribution in [0.25, 0.3) is 0 Å². The summed E-state index contributed by atoms with van der Waals surface area (Å²) in [6.45, 7) is 4.49. The van der Waals surface area contributed by atoms with Crippen LogP contribution in [-0.2, 0) is 0 Å². The van der Waals surface area contributed by atoms with Gasteiger partial charge in [-0.25, -0.2) is 0 Å². The zero-order valence-electron chi connectivity index (χ0n) is 9.35. The quantitative estimate of drug-likeness (QED) is 0.682. The van der Waals surface area contributed by atoms with E-state index >= 15 is 0 Å². The van der Waals surface area contributed by atoms with Crippen molar-refractivity contribution >= 4 is 24.0 Å². The SMILES string of the molecule is CC(C)N1C2C=CC1c1c(Cl)cccc12.Cl. The lowest BCUT2D eigenvalue weighted by molar-refractivity contribution is 0.188. The normalized spacial score (nSPS) is 26.0. The van der Waals surface area contributed by atoms with Crippen LogP contribution in [0.15, 0.2) is 30.4 Å². The first-order valence-corrected chi connectivity index (χ1v) is 5.82. The molecule has 0 saturated heterocycles. The molecular formula is C13H15Cl2N. The number of hydrogen-bond acceptors (Lipinski definition) is 1. The molecule has 0 aliphatic carbocycles. The molecule has 1 aromatic carbocycles. The molecule has 2 aliphatic rings. The molecule has 2 heterocycles. The highest BCUT2D eigenvalue weighted by Gasteiger charge is 2.42. The Hall–Kier alpha value is -0.500. The first-order chi connectivity index (χ1) is 7.20. The topological polar surface area (TPSA) is 3.24 Å². The number of fused-ring (bicyclic) bond motifs is 5. The Balaban J connectivity index is 0.000000963. The van der Waals surface area contributed by atoms with E-state index in [1.54, 1.807) is 0 Å². The van der Waals surface area contributed by atoms with Crippen molar-refractivity contribution in [1.29, 1.82) is 0 Å².